The Bertz CT molecular complexity index is 746. The van der Waals surface area contributed by atoms with Gasteiger partial charge in [0.25, 0.3) is 0 Å². The first-order chi connectivity index (χ1) is 12.5. The van der Waals surface area contributed by atoms with Crippen molar-refractivity contribution in [3.05, 3.63) is 24.3 Å². The van der Waals surface area contributed by atoms with Crippen LogP contribution in [0.25, 0.3) is 0 Å². The molecule has 9 nitrogen and oxygen atoms in total. The molecule has 9 heteroatoms. The normalized spacial score (nSPS) is 19.0. The first-order valence-corrected chi connectivity index (χ1v) is 8.33. The van der Waals surface area contributed by atoms with E-state index in [1.165, 1.54) is 12.0 Å². The van der Waals surface area contributed by atoms with Crippen molar-refractivity contribution in [2.45, 2.75) is 25.3 Å². The molecule has 1 saturated heterocycles. The molecule has 3 N–H and O–H groups in total. The van der Waals surface area contributed by atoms with Gasteiger partial charge in [0.05, 0.1) is 13.0 Å². The van der Waals surface area contributed by atoms with Crippen molar-refractivity contribution in [2.24, 2.45) is 5.92 Å². The lowest BCUT2D eigenvalue weighted by Gasteiger charge is -2.17. The van der Waals surface area contributed by atoms with E-state index in [9.17, 15) is 19.2 Å². The number of anilines is 1. The van der Waals surface area contributed by atoms with Gasteiger partial charge in [-0.1, -0.05) is 6.07 Å². The Balaban J connectivity index is 1.53. The summed E-state index contributed by atoms with van der Waals surface area (Å²) in [7, 11) is 1.53. The number of hydrogen-bond donors (Lipinski definition) is 3. The molecule has 1 atom stereocenters. The molecule has 4 amide bonds. The summed E-state index contributed by atoms with van der Waals surface area (Å²) in [6.07, 6.45) is 1.73. The van der Waals surface area contributed by atoms with Crippen molar-refractivity contribution in [1.82, 2.24) is 16.2 Å². The van der Waals surface area contributed by atoms with Crippen LogP contribution in [0.15, 0.2) is 24.3 Å². The molecule has 1 aliphatic heterocycles. The second-order valence-corrected chi connectivity index (χ2v) is 6.30. The number of methoxy groups -OCH3 is 1. The van der Waals surface area contributed by atoms with Gasteiger partial charge in [0.2, 0.25) is 11.8 Å². The van der Waals surface area contributed by atoms with Crippen LogP contribution >= 0.6 is 0 Å². The number of rotatable bonds is 4. The molecule has 1 aliphatic carbocycles. The number of amides is 4. The maximum Gasteiger partial charge on any atom is 0.327 e. The van der Waals surface area contributed by atoms with Gasteiger partial charge in [-0.15, -0.1) is 0 Å². The Morgan fingerprint density at radius 2 is 1.92 bits per heavy atom. The lowest BCUT2D eigenvalue weighted by molar-refractivity contribution is -0.141. The van der Waals surface area contributed by atoms with E-state index in [2.05, 4.69) is 16.2 Å². The third-order valence-electron chi connectivity index (χ3n) is 4.28. The van der Waals surface area contributed by atoms with Crippen molar-refractivity contribution < 1.29 is 23.9 Å². The van der Waals surface area contributed by atoms with Crippen LogP contribution < -0.4 is 25.8 Å². The Kier molecular flexibility index (Phi) is 5.06. The second kappa shape index (κ2) is 7.42. The maximum absolute atomic E-state index is 12.2. The van der Waals surface area contributed by atoms with Gasteiger partial charge >= 0.3 is 11.8 Å². The van der Waals surface area contributed by atoms with E-state index >= 15 is 0 Å². The average molecular weight is 360 g/mol. The quantitative estimate of drug-likeness (QED) is 0.493. The number of nitrogens with one attached hydrogen (secondary N) is 3. The zero-order chi connectivity index (χ0) is 18.7. The predicted molar refractivity (Wildman–Crippen MR) is 90.9 cm³/mol. The largest absolute Gasteiger partial charge is 0.497 e. The van der Waals surface area contributed by atoms with Crippen LogP contribution in [0.1, 0.15) is 19.3 Å². The number of hydrogen-bond acceptors (Lipinski definition) is 5. The number of nitrogens with zero attached hydrogens (tertiary/aromatic N) is 1. The standard InChI is InChI=1S/C17H20N4O5/c1-26-13-4-2-3-12(8-13)21-9-10(7-14(21)22)15(23)19-20-17(25)16(24)18-11-5-6-11/h2-4,8,10-11H,5-7,9H2,1H3,(H,18,24)(H,19,23)(H,20,25). The van der Waals surface area contributed by atoms with Crippen molar-refractivity contribution in [1.29, 1.82) is 0 Å². The molecule has 1 heterocycles. The number of carbonyl (C=O) groups excluding carboxylic acids is 4. The second-order valence-electron chi connectivity index (χ2n) is 6.30. The van der Waals surface area contributed by atoms with E-state index in [0.717, 1.165) is 12.8 Å². The molecule has 2 fully saturated rings. The lowest BCUT2D eigenvalue weighted by atomic mass is 10.1. The fourth-order valence-electron chi connectivity index (χ4n) is 2.67. The SMILES string of the molecule is COc1cccc(N2CC(C(=O)NNC(=O)C(=O)NC3CC3)CC2=O)c1. The lowest BCUT2D eigenvalue weighted by Crippen LogP contribution is -2.50. The minimum Gasteiger partial charge on any atom is -0.497 e. The predicted octanol–water partition coefficient (Wildman–Crippen LogP) is -0.526. The third-order valence-corrected chi connectivity index (χ3v) is 4.28. The summed E-state index contributed by atoms with van der Waals surface area (Å²) in [5.41, 5.74) is 4.93. The highest BCUT2D eigenvalue weighted by Gasteiger charge is 2.35. The zero-order valence-corrected chi connectivity index (χ0v) is 14.3. The Morgan fingerprint density at radius 1 is 1.15 bits per heavy atom. The molecule has 1 saturated carbocycles. The topological polar surface area (TPSA) is 117 Å². The highest BCUT2D eigenvalue weighted by molar-refractivity contribution is 6.35. The minimum atomic E-state index is -0.931. The molecule has 0 spiro atoms. The van der Waals surface area contributed by atoms with Gasteiger partial charge in [-0.05, 0) is 25.0 Å². The summed E-state index contributed by atoms with van der Waals surface area (Å²) in [6, 6.07) is 7.03. The van der Waals surface area contributed by atoms with Gasteiger partial charge in [-0.3, -0.25) is 30.0 Å². The highest BCUT2D eigenvalue weighted by atomic mass is 16.5. The van der Waals surface area contributed by atoms with Crippen molar-refractivity contribution in [3.63, 3.8) is 0 Å². The van der Waals surface area contributed by atoms with Gasteiger partial charge in [0, 0.05) is 30.8 Å². The van der Waals surface area contributed by atoms with Crippen LogP contribution in [-0.4, -0.2) is 43.3 Å². The number of benzene rings is 1. The summed E-state index contributed by atoms with van der Waals surface area (Å²) in [5, 5.41) is 2.52. The molecule has 0 bridgehead atoms. The van der Waals surface area contributed by atoms with Gasteiger partial charge in [-0.2, -0.15) is 0 Å². The van der Waals surface area contributed by atoms with Crippen LogP contribution in [0.3, 0.4) is 0 Å². The average Bonchev–Trinajstić information content (AvgIpc) is 3.37. The summed E-state index contributed by atoms with van der Waals surface area (Å²) in [4.78, 5) is 49.0. The highest BCUT2D eigenvalue weighted by Crippen LogP contribution is 2.27. The van der Waals surface area contributed by atoms with Gasteiger partial charge in [-0.25, -0.2) is 0 Å². The van der Waals surface area contributed by atoms with E-state index in [1.54, 1.807) is 24.3 Å². The first kappa shape index (κ1) is 17.7. The molecule has 138 valence electrons. The number of ether oxygens (including phenoxy) is 1. The molecular formula is C17H20N4O5. The number of carbonyl (C=O) groups is 4. The minimum absolute atomic E-state index is 0.0210. The van der Waals surface area contributed by atoms with E-state index in [0.29, 0.717) is 11.4 Å². The van der Waals surface area contributed by atoms with Crippen molar-refractivity contribution in [2.75, 3.05) is 18.6 Å². The molecule has 0 aromatic heterocycles. The Morgan fingerprint density at radius 3 is 2.62 bits per heavy atom. The zero-order valence-electron chi connectivity index (χ0n) is 14.3. The van der Waals surface area contributed by atoms with E-state index in [-0.39, 0.29) is 24.9 Å². The van der Waals surface area contributed by atoms with E-state index in [1.807, 2.05) is 0 Å². The molecule has 0 radical (unpaired) electrons. The first-order valence-electron chi connectivity index (χ1n) is 8.33. The molecule has 1 aromatic carbocycles. The molecule has 2 aliphatic rings. The van der Waals surface area contributed by atoms with Crippen LogP contribution in [0.2, 0.25) is 0 Å². The van der Waals surface area contributed by atoms with Crippen LogP contribution in [0, 0.1) is 5.92 Å². The van der Waals surface area contributed by atoms with Gasteiger partial charge in [0.1, 0.15) is 5.75 Å². The maximum atomic E-state index is 12.2. The molecule has 1 aromatic rings. The fraction of sp³-hybridized carbons (Fsp3) is 0.412. The molecule has 1 unspecified atom stereocenters. The smallest absolute Gasteiger partial charge is 0.327 e. The fourth-order valence-corrected chi connectivity index (χ4v) is 2.67. The van der Waals surface area contributed by atoms with Gasteiger partial charge in [0.15, 0.2) is 0 Å². The van der Waals surface area contributed by atoms with Crippen molar-refractivity contribution >= 4 is 29.3 Å². The molecule has 3 rings (SSSR count). The molecule has 26 heavy (non-hydrogen) atoms. The Hall–Kier alpha value is -3.10. The van der Waals surface area contributed by atoms with Crippen LogP contribution in [0.5, 0.6) is 5.75 Å². The summed E-state index contributed by atoms with van der Waals surface area (Å²) in [6.45, 7) is 0.183. The van der Waals surface area contributed by atoms with Gasteiger partial charge < -0.3 is 15.0 Å². The molecular weight excluding hydrogens is 340 g/mol. The Labute approximate surface area is 150 Å². The summed E-state index contributed by atoms with van der Waals surface area (Å²) >= 11 is 0. The van der Waals surface area contributed by atoms with E-state index in [4.69, 9.17) is 4.74 Å². The number of hydrazine groups is 1. The summed E-state index contributed by atoms with van der Waals surface area (Å²) in [5.74, 6) is -2.45. The third kappa shape index (κ3) is 4.11. The van der Waals surface area contributed by atoms with Crippen LogP contribution in [-0.2, 0) is 19.2 Å². The monoisotopic (exact) mass is 360 g/mol. The summed E-state index contributed by atoms with van der Waals surface area (Å²) < 4.78 is 5.14. The van der Waals surface area contributed by atoms with E-state index < -0.39 is 23.6 Å². The van der Waals surface area contributed by atoms with Crippen molar-refractivity contribution in [3.8, 4) is 5.75 Å². The van der Waals surface area contributed by atoms with Crippen LogP contribution in [0.4, 0.5) is 5.69 Å².